The number of carbonyl (C=O) groups excluding carboxylic acids is 2. The molecule has 6 nitrogen and oxygen atoms in total. The summed E-state index contributed by atoms with van der Waals surface area (Å²) >= 11 is 0. The fourth-order valence-electron chi connectivity index (χ4n) is 3.32. The maximum atomic E-state index is 12.9. The molecule has 1 aromatic carbocycles. The Hall–Kier alpha value is -2.63. The summed E-state index contributed by atoms with van der Waals surface area (Å²) in [6, 6.07) is 8.60. The molecule has 0 bridgehead atoms. The molecule has 1 aliphatic carbocycles. The van der Waals surface area contributed by atoms with Gasteiger partial charge in [-0.25, -0.2) is 0 Å². The second-order valence-electron chi connectivity index (χ2n) is 6.39. The number of fused-ring (bicyclic) bond motifs is 1. The lowest BCUT2D eigenvalue weighted by Crippen LogP contribution is -2.42. The van der Waals surface area contributed by atoms with E-state index < -0.39 is 6.04 Å². The number of amides is 2. The highest BCUT2D eigenvalue weighted by Crippen LogP contribution is 2.29. The third-order valence-electron chi connectivity index (χ3n) is 4.71. The van der Waals surface area contributed by atoms with Crippen molar-refractivity contribution in [2.75, 3.05) is 0 Å². The van der Waals surface area contributed by atoms with Crippen LogP contribution >= 0.6 is 0 Å². The summed E-state index contributed by atoms with van der Waals surface area (Å²) in [5, 5.41) is 10.3. The lowest BCUT2D eigenvalue weighted by Gasteiger charge is -2.26. The Labute approximate surface area is 147 Å². The van der Waals surface area contributed by atoms with Gasteiger partial charge < -0.3 is 10.6 Å². The molecule has 0 unspecified atom stereocenters. The van der Waals surface area contributed by atoms with Crippen LogP contribution < -0.4 is 10.6 Å². The van der Waals surface area contributed by atoms with Gasteiger partial charge in [-0.05, 0) is 24.8 Å². The molecule has 2 atom stereocenters. The van der Waals surface area contributed by atoms with Gasteiger partial charge in [0.25, 0.3) is 0 Å². The molecule has 1 aliphatic rings. The van der Waals surface area contributed by atoms with Crippen LogP contribution in [0.4, 0.5) is 0 Å². The molecule has 0 saturated heterocycles. The van der Waals surface area contributed by atoms with E-state index in [0.29, 0.717) is 6.42 Å². The zero-order valence-electron chi connectivity index (χ0n) is 14.7. The Bertz CT molecular complexity index is 754. The van der Waals surface area contributed by atoms with Crippen LogP contribution in [-0.2, 0) is 23.1 Å². The lowest BCUT2D eigenvalue weighted by atomic mass is 9.92. The van der Waals surface area contributed by atoms with Gasteiger partial charge in [0.2, 0.25) is 11.8 Å². The first kappa shape index (κ1) is 17.2. The SMILES string of the molecule is CCC(=O)N[C@@H](C(=O)N[C@@H]1CCCc2c1cnn2C)c1ccccc1. The quantitative estimate of drug-likeness (QED) is 0.876. The highest BCUT2D eigenvalue weighted by molar-refractivity contribution is 5.88. The van der Waals surface area contributed by atoms with Crippen molar-refractivity contribution in [3.63, 3.8) is 0 Å². The van der Waals surface area contributed by atoms with Crippen molar-refractivity contribution >= 4 is 11.8 Å². The summed E-state index contributed by atoms with van der Waals surface area (Å²) < 4.78 is 1.88. The van der Waals surface area contributed by atoms with Gasteiger partial charge >= 0.3 is 0 Å². The predicted molar refractivity (Wildman–Crippen MR) is 94.6 cm³/mol. The summed E-state index contributed by atoms with van der Waals surface area (Å²) in [7, 11) is 1.93. The van der Waals surface area contributed by atoms with Crippen LogP contribution in [-0.4, -0.2) is 21.6 Å². The Kier molecular flexibility index (Phi) is 5.16. The molecule has 0 aliphatic heterocycles. The summed E-state index contributed by atoms with van der Waals surface area (Å²) in [5.74, 6) is -0.329. The van der Waals surface area contributed by atoms with Crippen molar-refractivity contribution in [1.29, 1.82) is 0 Å². The van der Waals surface area contributed by atoms with E-state index in [9.17, 15) is 9.59 Å². The van der Waals surface area contributed by atoms with Crippen molar-refractivity contribution in [3.05, 3.63) is 53.3 Å². The van der Waals surface area contributed by atoms with Gasteiger partial charge in [-0.3, -0.25) is 14.3 Å². The Morgan fingerprint density at radius 3 is 2.80 bits per heavy atom. The average Bonchev–Trinajstić information content (AvgIpc) is 3.02. The van der Waals surface area contributed by atoms with E-state index in [4.69, 9.17) is 0 Å². The van der Waals surface area contributed by atoms with Crippen LogP contribution in [0.1, 0.15) is 55.1 Å². The molecule has 0 saturated carbocycles. The van der Waals surface area contributed by atoms with Crippen molar-refractivity contribution < 1.29 is 9.59 Å². The van der Waals surface area contributed by atoms with Crippen LogP contribution in [0.5, 0.6) is 0 Å². The lowest BCUT2D eigenvalue weighted by molar-refractivity contribution is -0.129. The van der Waals surface area contributed by atoms with Gasteiger partial charge in [-0.15, -0.1) is 0 Å². The first-order valence-corrected chi connectivity index (χ1v) is 8.75. The van der Waals surface area contributed by atoms with E-state index >= 15 is 0 Å². The minimum absolute atomic E-state index is 0.0605. The average molecular weight is 340 g/mol. The van der Waals surface area contributed by atoms with E-state index in [1.54, 1.807) is 6.92 Å². The zero-order valence-corrected chi connectivity index (χ0v) is 14.7. The third kappa shape index (κ3) is 3.73. The van der Waals surface area contributed by atoms with Gasteiger partial charge in [0, 0.05) is 24.7 Å². The molecular weight excluding hydrogens is 316 g/mol. The minimum atomic E-state index is -0.685. The standard InChI is InChI=1S/C19H24N4O2/c1-3-17(24)22-18(13-8-5-4-6-9-13)19(25)21-15-10-7-11-16-14(15)12-20-23(16)2/h4-6,8-9,12,15,18H,3,7,10-11H2,1-2H3,(H,21,25)(H,22,24)/t15-,18-/m1/s1. The highest BCUT2D eigenvalue weighted by Gasteiger charge is 2.29. The molecule has 0 spiro atoms. The van der Waals surface area contributed by atoms with E-state index in [-0.39, 0.29) is 17.9 Å². The Morgan fingerprint density at radius 2 is 2.08 bits per heavy atom. The number of rotatable bonds is 5. The van der Waals surface area contributed by atoms with Crippen LogP contribution in [0.25, 0.3) is 0 Å². The topological polar surface area (TPSA) is 76.0 Å². The molecule has 6 heteroatoms. The summed E-state index contributed by atoms with van der Waals surface area (Å²) in [5.41, 5.74) is 3.03. The molecule has 0 radical (unpaired) electrons. The maximum Gasteiger partial charge on any atom is 0.247 e. The number of nitrogens with one attached hydrogen (secondary N) is 2. The second-order valence-corrected chi connectivity index (χ2v) is 6.39. The number of nitrogens with zero attached hydrogens (tertiary/aromatic N) is 2. The fourth-order valence-corrected chi connectivity index (χ4v) is 3.32. The smallest absolute Gasteiger partial charge is 0.247 e. The van der Waals surface area contributed by atoms with Gasteiger partial charge in [0.05, 0.1) is 12.2 Å². The molecule has 2 aromatic rings. The van der Waals surface area contributed by atoms with Crippen molar-refractivity contribution in [3.8, 4) is 0 Å². The highest BCUT2D eigenvalue weighted by atomic mass is 16.2. The molecule has 1 aromatic heterocycles. The normalized spacial score (nSPS) is 17.4. The second kappa shape index (κ2) is 7.51. The fraction of sp³-hybridized carbons (Fsp3) is 0.421. The molecule has 2 N–H and O–H groups in total. The molecule has 0 fully saturated rings. The van der Waals surface area contributed by atoms with Crippen LogP contribution in [0.15, 0.2) is 36.5 Å². The van der Waals surface area contributed by atoms with E-state index in [2.05, 4.69) is 15.7 Å². The summed E-state index contributed by atoms with van der Waals surface area (Å²) in [4.78, 5) is 24.8. The Balaban J connectivity index is 1.80. The largest absolute Gasteiger partial charge is 0.347 e. The number of aromatic nitrogens is 2. The van der Waals surface area contributed by atoms with Crippen molar-refractivity contribution in [2.45, 2.75) is 44.7 Å². The van der Waals surface area contributed by atoms with Crippen LogP contribution in [0.3, 0.4) is 0 Å². The van der Waals surface area contributed by atoms with Crippen LogP contribution in [0, 0.1) is 0 Å². The number of hydrogen-bond donors (Lipinski definition) is 2. The predicted octanol–water partition coefficient (Wildman–Crippen LogP) is 2.18. The van der Waals surface area contributed by atoms with Crippen molar-refractivity contribution in [2.24, 2.45) is 7.05 Å². The molecule has 2 amide bonds. The molecule has 3 rings (SSSR count). The number of benzene rings is 1. The monoisotopic (exact) mass is 340 g/mol. The number of hydrogen-bond acceptors (Lipinski definition) is 3. The first-order chi connectivity index (χ1) is 12.1. The molecule has 132 valence electrons. The number of aryl methyl sites for hydroxylation is 1. The van der Waals surface area contributed by atoms with Gasteiger partial charge in [-0.2, -0.15) is 5.10 Å². The summed E-state index contributed by atoms with van der Waals surface area (Å²) in [6.45, 7) is 1.78. The Morgan fingerprint density at radius 1 is 1.32 bits per heavy atom. The number of carbonyl (C=O) groups is 2. The summed E-state index contributed by atoms with van der Waals surface area (Å²) in [6.07, 6.45) is 5.05. The first-order valence-electron chi connectivity index (χ1n) is 8.75. The molecule has 25 heavy (non-hydrogen) atoms. The minimum Gasteiger partial charge on any atom is -0.347 e. The maximum absolute atomic E-state index is 12.9. The molecule has 1 heterocycles. The van der Waals surface area contributed by atoms with Crippen molar-refractivity contribution in [1.82, 2.24) is 20.4 Å². The van der Waals surface area contributed by atoms with Gasteiger partial charge in [0.1, 0.15) is 6.04 Å². The third-order valence-corrected chi connectivity index (χ3v) is 4.71. The van der Waals surface area contributed by atoms with Gasteiger partial charge in [0.15, 0.2) is 0 Å². The zero-order chi connectivity index (χ0) is 17.8. The van der Waals surface area contributed by atoms with Crippen LogP contribution in [0.2, 0.25) is 0 Å². The van der Waals surface area contributed by atoms with Gasteiger partial charge in [-0.1, -0.05) is 37.3 Å². The van der Waals surface area contributed by atoms with E-state index in [1.807, 2.05) is 48.3 Å². The molecular formula is C19H24N4O2. The van der Waals surface area contributed by atoms with E-state index in [0.717, 1.165) is 30.4 Å². The van der Waals surface area contributed by atoms with E-state index in [1.165, 1.54) is 5.69 Å².